The number of amides is 3. The van der Waals surface area contributed by atoms with E-state index in [1.807, 2.05) is 16.7 Å². The molecule has 0 unspecified atom stereocenters. The molecular formula is C21H30FN3O2S. The van der Waals surface area contributed by atoms with Crippen molar-refractivity contribution in [2.45, 2.75) is 38.6 Å². The minimum atomic E-state index is -0.283. The van der Waals surface area contributed by atoms with E-state index < -0.39 is 0 Å². The zero-order valence-corrected chi connectivity index (χ0v) is 17.3. The Morgan fingerprint density at radius 3 is 2.57 bits per heavy atom. The third-order valence-electron chi connectivity index (χ3n) is 5.58. The summed E-state index contributed by atoms with van der Waals surface area (Å²) in [5, 5.41) is 2.99. The maximum absolute atomic E-state index is 13.3. The van der Waals surface area contributed by atoms with Gasteiger partial charge in [-0.1, -0.05) is 25.5 Å². The number of urea groups is 1. The summed E-state index contributed by atoms with van der Waals surface area (Å²) in [4.78, 5) is 29.6. The molecule has 0 radical (unpaired) electrons. The molecule has 0 aromatic heterocycles. The summed E-state index contributed by atoms with van der Waals surface area (Å²) in [6.45, 7) is 4.72. The van der Waals surface area contributed by atoms with Crippen molar-refractivity contribution in [2.24, 2.45) is 5.92 Å². The monoisotopic (exact) mass is 407 g/mol. The number of benzene rings is 1. The minimum absolute atomic E-state index is 0.122. The van der Waals surface area contributed by atoms with E-state index in [1.165, 1.54) is 12.1 Å². The van der Waals surface area contributed by atoms with Crippen LogP contribution < -0.4 is 5.32 Å². The molecule has 1 N–H and O–H groups in total. The van der Waals surface area contributed by atoms with Crippen molar-refractivity contribution in [3.8, 4) is 0 Å². The molecule has 2 aliphatic rings. The summed E-state index contributed by atoms with van der Waals surface area (Å²) >= 11 is 1.88. The van der Waals surface area contributed by atoms with Crippen LogP contribution in [0.3, 0.4) is 0 Å². The number of nitrogens with one attached hydrogen (secondary N) is 1. The normalized spacial score (nSPS) is 22.8. The third kappa shape index (κ3) is 5.19. The summed E-state index contributed by atoms with van der Waals surface area (Å²) in [6.07, 6.45) is 3.40. The van der Waals surface area contributed by atoms with Gasteiger partial charge in [-0.05, 0) is 37.0 Å². The van der Waals surface area contributed by atoms with Crippen molar-refractivity contribution in [1.82, 2.24) is 15.1 Å². The maximum Gasteiger partial charge on any atom is 0.317 e. The maximum atomic E-state index is 13.3. The first-order valence-corrected chi connectivity index (χ1v) is 11.4. The van der Waals surface area contributed by atoms with Crippen molar-refractivity contribution < 1.29 is 14.0 Å². The van der Waals surface area contributed by atoms with Crippen LogP contribution in [0.5, 0.6) is 0 Å². The van der Waals surface area contributed by atoms with Gasteiger partial charge in [0.2, 0.25) is 5.91 Å². The van der Waals surface area contributed by atoms with Crippen molar-refractivity contribution in [2.75, 3.05) is 37.7 Å². The van der Waals surface area contributed by atoms with Gasteiger partial charge in [0.15, 0.2) is 0 Å². The van der Waals surface area contributed by atoms with Gasteiger partial charge < -0.3 is 15.1 Å². The topological polar surface area (TPSA) is 52.7 Å². The molecule has 3 rings (SSSR count). The molecule has 1 aromatic carbocycles. The first-order chi connectivity index (χ1) is 13.6. The molecule has 2 heterocycles. The molecule has 2 atom stereocenters. The number of hydrogen-bond acceptors (Lipinski definition) is 3. The van der Waals surface area contributed by atoms with Crippen LogP contribution in [-0.4, -0.2) is 59.4 Å². The number of halogens is 1. The highest BCUT2D eigenvalue weighted by Crippen LogP contribution is 2.34. The number of unbranched alkanes of at least 4 members (excludes halogenated alkanes) is 1. The second kappa shape index (κ2) is 10.1. The molecule has 1 aromatic rings. The molecule has 2 saturated heterocycles. The molecular weight excluding hydrogens is 377 g/mol. The van der Waals surface area contributed by atoms with Crippen molar-refractivity contribution in [3.05, 3.63) is 35.6 Å². The summed E-state index contributed by atoms with van der Waals surface area (Å²) in [5.41, 5.74) is 0.923. The number of thioether (sulfide) groups is 1. The highest BCUT2D eigenvalue weighted by molar-refractivity contribution is 7.99. The van der Waals surface area contributed by atoms with Crippen LogP contribution in [0.4, 0.5) is 9.18 Å². The van der Waals surface area contributed by atoms with Crippen LogP contribution in [0, 0.1) is 11.7 Å². The lowest BCUT2D eigenvalue weighted by Gasteiger charge is -2.41. The number of hydrogen-bond donors (Lipinski definition) is 1. The van der Waals surface area contributed by atoms with E-state index in [-0.39, 0.29) is 29.7 Å². The van der Waals surface area contributed by atoms with Crippen molar-refractivity contribution in [3.63, 3.8) is 0 Å². The van der Waals surface area contributed by atoms with Gasteiger partial charge in [-0.15, -0.1) is 0 Å². The zero-order chi connectivity index (χ0) is 19.9. The Morgan fingerprint density at radius 2 is 1.89 bits per heavy atom. The summed E-state index contributed by atoms with van der Waals surface area (Å²) in [5.74, 6) is 1.70. The molecule has 3 amide bonds. The Kier molecular flexibility index (Phi) is 7.59. The van der Waals surface area contributed by atoms with Gasteiger partial charge in [0.05, 0.1) is 12.0 Å². The Labute approximate surface area is 171 Å². The van der Waals surface area contributed by atoms with Gasteiger partial charge in [-0.3, -0.25) is 4.79 Å². The molecule has 0 saturated carbocycles. The average Bonchev–Trinajstić information content (AvgIpc) is 2.74. The fourth-order valence-electron chi connectivity index (χ4n) is 3.94. The molecule has 2 aliphatic heterocycles. The first-order valence-electron chi connectivity index (χ1n) is 10.3. The lowest BCUT2D eigenvalue weighted by molar-refractivity contribution is -0.137. The number of nitrogens with zero attached hydrogens (tertiary/aromatic N) is 2. The third-order valence-corrected chi connectivity index (χ3v) is 6.52. The first kappa shape index (κ1) is 21.0. The van der Waals surface area contributed by atoms with Crippen molar-refractivity contribution in [1.29, 1.82) is 0 Å². The number of carbonyl (C=O) groups is 2. The summed E-state index contributed by atoms with van der Waals surface area (Å²) in [7, 11) is 0. The second-order valence-electron chi connectivity index (χ2n) is 7.52. The van der Waals surface area contributed by atoms with Gasteiger partial charge in [0, 0.05) is 37.7 Å². The van der Waals surface area contributed by atoms with E-state index in [0.29, 0.717) is 19.5 Å². The Balaban J connectivity index is 1.73. The molecule has 0 bridgehead atoms. The standard InChI is InChI=1S/C21H30FN3O2S/c1-2-3-10-23-21(27)25-15-17(20(26)24-11-13-28-14-12-24)6-9-19(25)16-4-7-18(22)8-5-16/h4-5,7-8,17,19H,2-3,6,9-15H2,1H3,(H,23,27)/t17-,19+/m0/s1. The van der Waals surface area contributed by atoms with Crippen LogP contribution in [0.25, 0.3) is 0 Å². The highest BCUT2D eigenvalue weighted by atomic mass is 32.2. The van der Waals surface area contributed by atoms with E-state index in [0.717, 1.165) is 49.4 Å². The Morgan fingerprint density at radius 1 is 1.18 bits per heavy atom. The molecule has 0 aliphatic carbocycles. The smallest absolute Gasteiger partial charge is 0.317 e. The molecule has 5 nitrogen and oxygen atoms in total. The van der Waals surface area contributed by atoms with Crippen LogP contribution in [0.1, 0.15) is 44.2 Å². The SMILES string of the molecule is CCCCNC(=O)N1C[C@@H](C(=O)N2CCSCC2)CC[C@@H]1c1ccc(F)cc1. The van der Waals surface area contributed by atoms with E-state index >= 15 is 0 Å². The van der Waals surface area contributed by atoms with Crippen LogP contribution >= 0.6 is 11.8 Å². The fraction of sp³-hybridized carbons (Fsp3) is 0.619. The van der Waals surface area contributed by atoms with E-state index in [1.54, 1.807) is 17.0 Å². The number of piperidine rings is 1. The molecule has 154 valence electrons. The van der Waals surface area contributed by atoms with Crippen molar-refractivity contribution >= 4 is 23.7 Å². The van der Waals surface area contributed by atoms with E-state index in [9.17, 15) is 14.0 Å². The van der Waals surface area contributed by atoms with Crippen LogP contribution in [0.2, 0.25) is 0 Å². The zero-order valence-electron chi connectivity index (χ0n) is 16.5. The molecule has 7 heteroatoms. The Hall–Kier alpha value is -1.76. The Bertz CT molecular complexity index is 664. The summed E-state index contributed by atoms with van der Waals surface area (Å²) < 4.78 is 13.3. The fourth-order valence-corrected chi connectivity index (χ4v) is 4.85. The molecule has 0 spiro atoms. The average molecular weight is 408 g/mol. The van der Waals surface area contributed by atoms with Gasteiger partial charge >= 0.3 is 6.03 Å². The van der Waals surface area contributed by atoms with E-state index in [2.05, 4.69) is 12.2 Å². The predicted octanol–water partition coefficient (Wildman–Crippen LogP) is 3.66. The largest absolute Gasteiger partial charge is 0.341 e. The van der Waals surface area contributed by atoms with Gasteiger partial charge in [-0.2, -0.15) is 11.8 Å². The van der Waals surface area contributed by atoms with E-state index in [4.69, 9.17) is 0 Å². The molecule has 2 fully saturated rings. The lowest BCUT2D eigenvalue weighted by Crippen LogP contribution is -2.52. The quantitative estimate of drug-likeness (QED) is 0.758. The summed E-state index contributed by atoms with van der Waals surface area (Å²) in [6, 6.07) is 6.11. The predicted molar refractivity (Wildman–Crippen MR) is 111 cm³/mol. The number of carbonyl (C=O) groups excluding carboxylic acids is 2. The highest BCUT2D eigenvalue weighted by Gasteiger charge is 2.37. The molecule has 28 heavy (non-hydrogen) atoms. The second-order valence-corrected chi connectivity index (χ2v) is 8.74. The van der Waals surface area contributed by atoms with Gasteiger partial charge in [-0.25, -0.2) is 9.18 Å². The lowest BCUT2D eigenvalue weighted by atomic mass is 9.88. The number of rotatable bonds is 5. The van der Waals surface area contributed by atoms with Crippen LogP contribution in [-0.2, 0) is 4.79 Å². The van der Waals surface area contributed by atoms with Gasteiger partial charge in [0.25, 0.3) is 0 Å². The van der Waals surface area contributed by atoms with Gasteiger partial charge in [0.1, 0.15) is 5.82 Å². The van der Waals surface area contributed by atoms with Crippen LogP contribution in [0.15, 0.2) is 24.3 Å². The minimum Gasteiger partial charge on any atom is -0.341 e. The number of likely N-dealkylation sites (tertiary alicyclic amines) is 1.